The Morgan fingerprint density at radius 1 is 0.667 bits per heavy atom. The number of rotatable bonds is 18. The molecule has 5 nitrogen and oxygen atoms in total. The number of unbranched alkanes of at least 4 members (excludes halogenated alkanes) is 9. The summed E-state index contributed by atoms with van der Waals surface area (Å²) in [6.45, 7) is 7.14. The molecule has 0 aliphatic rings. The lowest BCUT2D eigenvalue weighted by Crippen LogP contribution is -2.17. The van der Waals surface area contributed by atoms with Gasteiger partial charge in [0.25, 0.3) is 0 Å². The van der Waals surface area contributed by atoms with Crippen LogP contribution in [0.25, 0.3) is 22.5 Å². The molecule has 0 radical (unpaired) electrons. The SMILES string of the molecule is CCCCCCCCCOc1ccc(-c2ncc(-c3ccc(OC(=O)C(C)CCCCCC)cc3)cn2)cc1. The van der Waals surface area contributed by atoms with Crippen LogP contribution in [0.3, 0.4) is 0 Å². The van der Waals surface area contributed by atoms with Crippen molar-refractivity contribution in [1.29, 1.82) is 0 Å². The van der Waals surface area contributed by atoms with Gasteiger partial charge in [-0.1, -0.05) is 97.1 Å². The minimum atomic E-state index is -0.166. The highest BCUT2D eigenvalue weighted by Gasteiger charge is 2.15. The number of ether oxygens (including phenoxy) is 2. The highest BCUT2D eigenvalue weighted by atomic mass is 16.5. The molecule has 3 rings (SSSR count). The average Bonchev–Trinajstić information content (AvgIpc) is 2.97. The molecule has 210 valence electrons. The molecule has 0 N–H and O–H groups in total. The molecule has 0 amide bonds. The fourth-order valence-corrected chi connectivity index (χ4v) is 4.50. The van der Waals surface area contributed by atoms with E-state index in [0.717, 1.165) is 48.3 Å². The number of aromatic nitrogens is 2. The molecule has 1 aromatic heterocycles. The summed E-state index contributed by atoms with van der Waals surface area (Å²) in [5, 5.41) is 0. The van der Waals surface area contributed by atoms with Gasteiger partial charge in [0, 0.05) is 23.5 Å². The summed E-state index contributed by atoms with van der Waals surface area (Å²) in [5.41, 5.74) is 2.84. The van der Waals surface area contributed by atoms with E-state index in [4.69, 9.17) is 9.47 Å². The van der Waals surface area contributed by atoms with Crippen LogP contribution in [0.15, 0.2) is 60.9 Å². The van der Waals surface area contributed by atoms with Crippen LogP contribution < -0.4 is 9.47 Å². The molecule has 39 heavy (non-hydrogen) atoms. The van der Waals surface area contributed by atoms with Crippen molar-refractivity contribution in [2.45, 2.75) is 97.8 Å². The van der Waals surface area contributed by atoms with E-state index in [1.54, 1.807) is 0 Å². The summed E-state index contributed by atoms with van der Waals surface area (Å²) in [5.74, 6) is 1.87. The summed E-state index contributed by atoms with van der Waals surface area (Å²) in [6, 6.07) is 15.5. The Labute approximate surface area is 235 Å². The predicted molar refractivity (Wildman–Crippen MR) is 160 cm³/mol. The minimum absolute atomic E-state index is 0.0896. The van der Waals surface area contributed by atoms with E-state index >= 15 is 0 Å². The van der Waals surface area contributed by atoms with Crippen molar-refractivity contribution >= 4 is 5.97 Å². The van der Waals surface area contributed by atoms with Crippen LogP contribution in [0.2, 0.25) is 0 Å². The largest absolute Gasteiger partial charge is 0.494 e. The Kier molecular flexibility index (Phi) is 13.5. The molecule has 2 aromatic carbocycles. The second-order valence-corrected chi connectivity index (χ2v) is 10.5. The van der Waals surface area contributed by atoms with E-state index in [-0.39, 0.29) is 11.9 Å². The zero-order valence-corrected chi connectivity index (χ0v) is 24.2. The Morgan fingerprint density at radius 2 is 1.21 bits per heavy atom. The zero-order chi connectivity index (χ0) is 27.7. The first kappa shape index (κ1) is 30.3. The van der Waals surface area contributed by atoms with Crippen LogP contribution in [0, 0.1) is 5.92 Å². The first-order valence-electron chi connectivity index (χ1n) is 15.0. The monoisotopic (exact) mass is 530 g/mol. The smallest absolute Gasteiger partial charge is 0.314 e. The summed E-state index contributed by atoms with van der Waals surface area (Å²) < 4.78 is 11.5. The van der Waals surface area contributed by atoms with Crippen molar-refractivity contribution < 1.29 is 14.3 Å². The Hall–Kier alpha value is -3.21. The van der Waals surface area contributed by atoms with Crippen LogP contribution in [0.5, 0.6) is 11.5 Å². The van der Waals surface area contributed by atoms with Gasteiger partial charge in [-0.2, -0.15) is 0 Å². The van der Waals surface area contributed by atoms with Crippen molar-refractivity contribution in [3.8, 4) is 34.0 Å². The lowest BCUT2D eigenvalue weighted by atomic mass is 10.0. The van der Waals surface area contributed by atoms with E-state index < -0.39 is 0 Å². The number of carbonyl (C=O) groups is 1. The molecule has 1 atom stereocenters. The number of carbonyl (C=O) groups excluding carboxylic acids is 1. The highest BCUT2D eigenvalue weighted by Crippen LogP contribution is 2.25. The quantitative estimate of drug-likeness (QED) is 0.0931. The molecule has 0 saturated heterocycles. The standard InChI is InChI=1S/C34H46N2O3/c1-4-6-8-10-11-12-14-24-38-31-20-18-29(19-21-31)33-35-25-30(26-36-33)28-16-22-32(23-17-28)39-34(37)27(3)15-13-9-7-5-2/h16-23,25-27H,4-15,24H2,1-3H3. The first-order chi connectivity index (χ1) is 19.1. The molecule has 0 saturated carbocycles. The normalized spacial score (nSPS) is 11.8. The molecule has 3 aromatic rings. The van der Waals surface area contributed by atoms with E-state index in [0.29, 0.717) is 11.6 Å². The summed E-state index contributed by atoms with van der Waals surface area (Å²) in [7, 11) is 0. The number of nitrogens with zero attached hydrogens (tertiary/aromatic N) is 2. The second-order valence-electron chi connectivity index (χ2n) is 10.5. The van der Waals surface area contributed by atoms with Gasteiger partial charge in [-0.15, -0.1) is 0 Å². The molecule has 0 bridgehead atoms. The fourth-order valence-electron chi connectivity index (χ4n) is 4.50. The average molecular weight is 531 g/mol. The predicted octanol–water partition coefficient (Wildman–Crippen LogP) is 9.45. The lowest BCUT2D eigenvalue weighted by Gasteiger charge is -2.11. The van der Waals surface area contributed by atoms with Gasteiger partial charge in [-0.3, -0.25) is 4.79 Å². The molecule has 0 fully saturated rings. The van der Waals surface area contributed by atoms with Gasteiger partial charge in [-0.25, -0.2) is 9.97 Å². The van der Waals surface area contributed by atoms with Gasteiger partial charge in [0.1, 0.15) is 11.5 Å². The minimum Gasteiger partial charge on any atom is -0.494 e. The third-order valence-electron chi connectivity index (χ3n) is 7.08. The van der Waals surface area contributed by atoms with Crippen LogP contribution in [-0.4, -0.2) is 22.5 Å². The van der Waals surface area contributed by atoms with Gasteiger partial charge in [0.2, 0.25) is 0 Å². The zero-order valence-electron chi connectivity index (χ0n) is 24.2. The number of esters is 1. The van der Waals surface area contributed by atoms with E-state index in [1.165, 1.54) is 57.8 Å². The van der Waals surface area contributed by atoms with E-state index in [2.05, 4.69) is 23.8 Å². The van der Waals surface area contributed by atoms with Crippen LogP contribution in [-0.2, 0) is 4.79 Å². The second kappa shape index (κ2) is 17.4. The topological polar surface area (TPSA) is 61.3 Å². The summed E-state index contributed by atoms with van der Waals surface area (Å²) in [4.78, 5) is 21.5. The lowest BCUT2D eigenvalue weighted by molar-refractivity contribution is -0.138. The highest BCUT2D eigenvalue weighted by molar-refractivity contribution is 5.75. The number of hydrogen-bond acceptors (Lipinski definition) is 5. The Morgan fingerprint density at radius 3 is 1.85 bits per heavy atom. The maximum atomic E-state index is 12.4. The molecule has 0 spiro atoms. The van der Waals surface area contributed by atoms with Gasteiger partial charge in [-0.05, 0) is 54.8 Å². The summed E-state index contributed by atoms with van der Waals surface area (Å²) >= 11 is 0. The maximum absolute atomic E-state index is 12.4. The van der Waals surface area contributed by atoms with Crippen molar-refractivity contribution in [1.82, 2.24) is 9.97 Å². The fraction of sp³-hybridized carbons (Fsp3) is 0.500. The van der Waals surface area contributed by atoms with Gasteiger partial charge in [0.05, 0.1) is 12.5 Å². The molecule has 1 unspecified atom stereocenters. The molecule has 0 aliphatic carbocycles. The molecular weight excluding hydrogens is 484 g/mol. The van der Waals surface area contributed by atoms with Crippen LogP contribution >= 0.6 is 0 Å². The summed E-state index contributed by atoms with van der Waals surface area (Å²) in [6.07, 6.45) is 18.1. The molecule has 0 aliphatic heterocycles. The first-order valence-corrected chi connectivity index (χ1v) is 15.0. The van der Waals surface area contributed by atoms with E-state index in [1.807, 2.05) is 67.8 Å². The van der Waals surface area contributed by atoms with Gasteiger partial charge in [0.15, 0.2) is 5.82 Å². The van der Waals surface area contributed by atoms with E-state index in [9.17, 15) is 4.79 Å². The Bertz CT molecular complexity index is 1080. The third kappa shape index (κ3) is 10.8. The molecular formula is C34H46N2O3. The number of hydrogen-bond donors (Lipinski definition) is 0. The Balaban J connectivity index is 1.44. The van der Waals surface area contributed by atoms with Crippen LogP contribution in [0.4, 0.5) is 0 Å². The van der Waals surface area contributed by atoms with Crippen molar-refractivity contribution in [3.63, 3.8) is 0 Å². The van der Waals surface area contributed by atoms with Gasteiger partial charge >= 0.3 is 5.97 Å². The van der Waals surface area contributed by atoms with Crippen molar-refractivity contribution in [2.24, 2.45) is 5.92 Å². The molecule has 1 heterocycles. The maximum Gasteiger partial charge on any atom is 0.314 e. The van der Waals surface area contributed by atoms with Gasteiger partial charge < -0.3 is 9.47 Å². The third-order valence-corrected chi connectivity index (χ3v) is 7.08. The molecule has 5 heteroatoms. The van der Waals surface area contributed by atoms with Crippen molar-refractivity contribution in [3.05, 3.63) is 60.9 Å². The van der Waals surface area contributed by atoms with Crippen molar-refractivity contribution in [2.75, 3.05) is 6.61 Å². The van der Waals surface area contributed by atoms with Crippen LogP contribution in [0.1, 0.15) is 97.8 Å². The number of benzene rings is 2.